The van der Waals surface area contributed by atoms with E-state index < -0.39 is 11.9 Å². The maximum atomic E-state index is 13.1. The van der Waals surface area contributed by atoms with Crippen LogP contribution in [-0.2, 0) is 14.3 Å². The molecule has 28 heavy (non-hydrogen) atoms. The number of rotatable bonds is 4. The highest BCUT2D eigenvalue weighted by molar-refractivity contribution is 9.10. The van der Waals surface area contributed by atoms with Gasteiger partial charge in [-0.25, -0.2) is 4.79 Å². The zero-order chi connectivity index (χ0) is 19.8. The van der Waals surface area contributed by atoms with Crippen LogP contribution in [0.15, 0.2) is 58.2 Å². The Bertz CT molecular complexity index is 1000. The van der Waals surface area contributed by atoms with Gasteiger partial charge < -0.3 is 14.2 Å². The van der Waals surface area contributed by atoms with Crippen molar-refractivity contribution in [3.63, 3.8) is 0 Å². The molecule has 0 N–H and O–H groups in total. The maximum absolute atomic E-state index is 13.1. The third kappa shape index (κ3) is 3.05. The van der Waals surface area contributed by atoms with Gasteiger partial charge in [0.2, 0.25) is 5.91 Å². The highest BCUT2D eigenvalue weighted by atomic mass is 79.9. The van der Waals surface area contributed by atoms with Crippen molar-refractivity contribution in [2.24, 2.45) is 0 Å². The van der Waals surface area contributed by atoms with E-state index in [-0.39, 0.29) is 18.9 Å². The summed E-state index contributed by atoms with van der Waals surface area (Å²) in [5, 5.41) is 0. The summed E-state index contributed by atoms with van der Waals surface area (Å²) >= 11 is 3.43. The molecule has 2 aromatic carbocycles. The lowest BCUT2D eigenvalue weighted by Gasteiger charge is -2.32. The van der Waals surface area contributed by atoms with E-state index in [9.17, 15) is 9.59 Å². The summed E-state index contributed by atoms with van der Waals surface area (Å²) in [7, 11) is 3.13. The standard InChI is InChI=1S/C21H18BrNO5/c1-26-14-6-7-18(27-2)15(9-14)16-10-19(24)23(13-5-3-4-12(22)8-13)17-11-28-21(25)20(16)17/h3-9,16H,10-11H2,1-2H3/t16-/m1/s1. The Morgan fingerprint density at radius 3 is 2.64 bits per heavy atom. The fraction of sp³-hybridized carbons (Fsp3) is 0.238. The van der Waals surface area contributed by atoms with Crippen molar-refractivity contribution in [1.29, 1.82) is 0 Å². The van der Waals surface area contributed by atoms with E-state index in [0.717, 1.165) is 10.0 Å². The first-order chi connectivity index (χ1) is 13.5. The van der Waals surface area contributed by atoms with Crippen molar-refractivity contribution in [2.45, 2.75) is 12.3 Å². The van der Waals surface area contributed by atoms with E-state index in [4.69, 9.17) is 14.2 Å². The summed E-state index contributed by atoms with van der Waals surface area (Å²) < 4.78 is 17.0. The molecule has 0 aliphatic carbocycles. The molecule has 2 aliphatic heterocycles. The molecular weight excluding hydrogens is 426 g/mol. The third-order valence-corrected chi connectivity index (χ3v) is 5.49. The molecule has 0 saturated heterocycles. The molecule has 4 rings (SSSR count). The predicted octanol–water partition coefficient (Wildman–Crippen LogP) is 3.80. The minimum atomic E-state index is -0.453. The molecule has 0 saturated carbocycles. The molecule has 144 valence electrons. The Morgan fingerprint density at radius 1 is 1.11 bits per heavy atom. The molecule has 7 heteroatoms. The average molecular weight is 444 g/mol. The number of anilines is 1. The van der Waals surface area contributed by atoms with Crippen molar-refractivity contribution in [3.8, 4) is 11.5 Å². The third-order valence-electron chi connectivity index (χ3n) is 5.00. The number of amides is 1. The van der Waals surface area contributed by atoms with Crippen molar-refractivity contribution in [3.05, 3.63) is 63.8 Å². The van der Waals surface area contributed by atoms with E-state index in [1.165, 1.54) is 0 Å². The Balaban J connectivity index is 1.86. The average Bonchev–Trinajstić information content (AvgIpc) is 3.08. The number of cyclic esters (lactones) is 1. The quantitative estimate of drug-likeness (QED) is 0.672. The Kier molecular flexibility index (Phi) is 4.85. The Labute approximate surface area is 170 Å². The summed E-state index contributed by atoms with van der Waals surface area (Å²) in [4.78, 5) is 27.3. The lowest BCUT2D eigenvalue weighted by Crippen LogP contribution is -2.37. The van der Waals surface area contributed by atoms with Gasteiger partial charge in [0.05, 0.1) is 25.5 Å². The van der Waals surface area contributed by atoms with Crippen LogP contribution in [0, 0.1) is 0 Å². The zero-order valence-electron chi connectivity index (χ0n) is 15.4. The molecule has 0 unspecified atom stereocenters. The molecule has 0 spiro atoms. The van der Waals surface area contributed by atoms with Crippen LogP contribution in [0.4, 0.5) is 5.69 Å². The van der Waals surface area contributed by atoms with E-state index in [1.54, 1.807) is 31.3 Å². The molecule has 2 heterocycles. The molecule has 2 aromatic rings. The van der Waals surface area contributed by atoms with Crippen LogP contribution in [0.3, 0.4) is 0 Å². The number of halogens is 1. The summed E-state index contributed by atoms with van der Waals surface area (Å²) in [6.07, 6.45) is 0.129. The Morgan fingerprint density at radius 2 is 1.93 bits per heavy atom. The second kappa shape index (κ2) is 7.31. The minimum Gasteiger partial charge on any atom is -0.497 e. The molecular formula is C21H18BrNO5. The summed E-state index contributed by atoms with van der Waals surface area (Å²) in [5.41, 5.74) is 2.50. The van der Waals surface area contributed by atoms with Crippen molar-refractivity contribution in [1.82, 2.24) is 0 Å². The lowest BCUT2D eigenvalue weighted by molar-refractivity contribution is -0.136. The van der Waals surface area contributed by atoms with Gasteiger partial charge >= 0.3 is 5.97 Å². The van der Waals surface area contributed by atoms with Gasteiger partial charge in [0, 0.05) is 28.1 Å². The summed E-state index contributed by atoms with van der Waals surface area (Å²) in [6, 6.07) is 12.8. The van der Waals surface area contributed by atoms with Crippen LogP contribution >= 0.6 is 15.9 Å². The van der Waals surface area contributed by atoms with Crippen LogP contribution in [0.5, 0.6) is 11.5 Å². The molecule has 1 amide bonds. The number of hydrogen-bond donors (Lipinski definition) is 0. The number of ether oxygens (including phenoxy) is 3. The normalized spacial score (nSPS) is 18.8. The van der Waals surface area contributed by atoms with Crippen LogP contribution in [0.1, 0.15) is 17.9 Å². The van der Waals surface area contributed by atoms with Gasteiger partial charge in [-0.15, -0.1) is 0 Å². The highest BCUT2D eigenvalue weighted by Gasteiger charge is 2.43. The molecule has 0 fully saturated rings. The number of methoxy groups -OCH3 is 2. The summed E-state index contributed by atoms with van der Waals surface area (Å²) in [6.45, 7) is 0.0647. The van der Waals surface area contributed by atoms with Gasteiger partial charge in [-0.3, -0.25) is 9.69 Å². The number of esters is 1. The molecule has 0 aromatic heterocycles. The van der Waals surface area contributed by atoms with Crippen molar-refractivity contribution < 1.29 is 23.8 Å². The van der Waals surface area contributed by atoms with E-state index in [0.29, 0.717) is 28.5 Å². The van der Waals surface area contributed by atoms with Gasteiger partial charge in [0.1, 0.15) is 18.1 Å². The number of carbonyl (C=O) groups excluding carboxylic acids is 2. The fourth-order valence-corrected chi connectivity index (χ4v) is 4.13. The first-order valence-electron chi connectivity index (χ1n) is 8.74. The van der Waals surface area contributed by atoms with E-state index in [1.807, 2.05) is 30.3 Å². The van der Waals surface area contributed by atoms with Gasteiger partial charge in [-0.2, -0.15) is 0 Å². The summed E-state index contributed by atoms with van der Waals surface area (Å²) in [5.74, 6) is 0.264. The fourth-order valence-electron chi connectivity index (χ4n) is 3.75. The smallest absolute Gasteiger partial charge is 0.336 e. The topological polar surface area (TPSA) is 65.1 Å². The number of benzene rings is 2. The van der Waals surface area contributed by atoms with Gasteiger partial charge in [-0.1, -0.05) is 22.0 Å². The molecule has 0 radical (unpaired) electrons. The molecule has 2 aliphatic rings. The number of carbonyl (C=O) groups is 2. The first kappa shape index (κ1) is 18.6. The first-order valence-corrected chi connectivity index (χ1v) is 9.53. The molecule has 6 nitrogen and oxygen atoms in total. The van der Waals surface area contributed by atoms with E-state index >= 15 is 0 Å². The van der Waals surface area contributed by atoms with Gasteiger partial charge in [-0.05, 0) is 36.4 Å². The maximum Gasteiger partial charge on any atom is 0.336 e. The Hall–Kier alpha value is -2.80. The van der Waals surface area contributed by atoms with Crippen LogP contribution in [-0.4, -0.2) is 32.7 Å². The second-order valence-electron chi connectivity index (χ2n) is 6.51. The zero-order valence-corrected chi connectivity index (χ0v) is 17.0. The monoisotopic (exact) mass is 443 g/mol. The van der Waals surface area contributed by atoms with Crippen molar-refractivity contribution in [2.75, 3.05) is 25.7 Å². The predicted molar refractivity (Wildman–Crippen MR) is 107 cm³/mol. The minimum absolute atomic E-state index is 0.0647. The molecule has 0 bridgehead atoms. The van der Waals surface area contributed by atoms with E-state index in [2.05, 4.69) is 15.9 Å². The van der Waals surface area contributed by atoms with Crippen LogP contribution in [0.2, 0.25) is 0 Å². The van der Waals surface area contributed by atoms with Gasteiger partial charge in [0.15, 0.2) is 0 Å². The van der Waals surface area contributed by atoms with Crippen molar-refractivity contribution >= 4 is 33.5 Å². The second-order valence-corrected chi connectivity index (χ2v) is 7.43. The van der Waals surface area contributed by atoms with Gasteiger partial charge in [0.25, 0.3) is 0 Å². The molecule has 1 atom stereocenters. The van der Waals surface area contributed by atoms with Crippen LogP contribution < -0.4 is 14.4 Å². The number of nitrogens with zero attached hydrogens (tertiary/aromatic N) is 1. The lowest BCUT2D eigenvalue weighted by atomic mass is 9.83. The number of hydrogen-bond acceptors (Lipinski definition) is 5. The highest BCUT2D eigenvalue weighted by Crippen LogP contribution is 2.45. The van der Waals surface area contributed by atoms with Crippen LogP contribution in [0.25, 0.3) is 0 Å². The largest absolute Gasteiger partial charge is 0.497 e. The SMILES string of the molecule is COc1ccc(OC)c([C@H]2CC(=O)N(c3cccc(Br)c3)C3=C2C(=O)OC3)c1.